The van der Waals surface area contributed by atoms with Crippen LogP contribution in [0.15, 0.2) is 16.6 Å². The lowest BCUT2D eigenvalue weighted by atomic mass is 9.81. The molecule has 0 aliphatic carbocycles. The number of carbonyl (C=O) groups excluding carboxylic acids is 1. The summed E-state index contributed by atoms with van der Waals surface area (Å²) in [6.07, 6.45) is 0.814. The van der Waals surface area contributed by atoms with Crippen molar-refractivity contribution in [2.45, 2.75) is 46.6 Å². The van der Waals surface area contributed by atoms with Crippen LogP contribution in [0.1, 0.15) is 51.4 Å². The summed E-state index contributed by atoms with van der Waals surface area (Å²) in [5.74, 6) is -0.529. The molecule has 0 atom stereocenters. The van der Waals surface area contributed by atoms with E-state index in [-0.39, 0.29) is 33.2 Å². The zero-order valence-electron chi connectivity index (χ0n) is 12.5. The van der Waals surface area contributed by atoms with Gasteiger partial charge in [0.05, 0.1) is 10.6 Å². The molecule has 0 spiro atoms. The summed E-state index contributed by atoms with van der Waals surface area (Å²) in [4.78, 5) is 12.3. The van der Waals surface area contributed by atoms with Gasteiger partial charge in [-0.15, -0.1) is 0 Å². The number of aromatic hydroxyl groups is 1. The largest absolute Gasteiger partial charge is 0.506 e. The van der Waals surface area contributed by atoms with Crippen molar-refractivity contribution < 1.29 is 9.90 Å². The van der Waals surface area contributed by atoms with E-state index in [0.717, 1.165) is 6.42 Å². The molecule has 0 bridgehead atoms. The third kappa shape index (κ3) is 4.98. The summed E-state index contributed by atoms with van der Waals surface area (Å²) >= 11 is 9.15. The Balaban J connectivity index is 2.97. The number of benzene rings is 1. The van der Waals surface area contributed by atoms with E-state index < -0.39 is 0 Å². The van der Waals surface area contributed by atoms with Gasteiger partial charge in [-0.2, -0.15) is 0 Å². The molecule has 1 rings (SSSR count). The first-order valence-electron chi connectivity index (χ1n) is 6.42. The van der Waals surface area contributed by atoms with Gasteiger partial charge in [-0.05, 0) is 37.8 Å². The quantitative estimate of drug-likeness (QED) is 0.815. The molecule has 2 N–H and O–H groups in total. The first-order valence-corrected chi connectivity index (χ1v) is 7.59. The molecular weight excluding hydrogens is 342 g/mol. The van der Waals surface area contributed by atoms with Crippen molar-refractivity contribution in [3.8, 4) is 5.75 Å². The van der Waals surface area contributed by atoms with Gasteiger partial charge in [-0.3, -0.25) is 4.79 Å². The van der Waals surface area contributed by atoms with Crippen LogP contribution in [0.25, 0.3) is 0 Å². The molecule has 0 aliphatic heterocycles. The smallest absolute Gasteiger partial charge is 0.255 e. The van der Waals surface area contributed by atoms with Crippen molar-refractivity contribution in [1.29, 1.82) is 0 Å². The highest BCUT2D eigenvalue weighted by Crippen LogP contribution is 2.32. The van der Waals surface area contributed by atoms with Gasteiger partial charge >= 0.3 is 0 Å². The fourth-order valence-corrected chi connectivity index (χ4v) is 3.29. The van der Waals surface area contributed by atoms with Gasteiger partial charge < -0.3 is 10.4 Å². The maximum atomic E-state index is 12.3. The molecule has 1 aromatic rings. The lowest BCUT2D eigenvalue weighted by Gasteiger charge is -2.33. The maximum Gasteiger partial charge on any atom is 0.255 e. The Morgan fingerprint density at radius 1 is 1.30 bits per heavy atom. The van der Waals surface area contributed by atoms with Crippen LogP contribution >= 0.6 is 27.5 Å². The lowest BCUT2D eigenvalue weighted by molar-refractivity contribution is 0.0888. The minimum absolute atomic E-state index is 0.0910. The third-order valence-electron chi connectivity index (χ3n) is 2.70. The highest BCUT2D eigenvalue weighted by molar-refractivity contribution is 9.10. The zero-order valence-corrected chi connectivity index (χ0v) is 14.8. The molecule has 0 aromatic heterocycles. The number of hydrogen-bond donors (Lipinski definition) is 2. The molecule has 0 unspecified atom stereocenters. The van der Waals surface area contributed by atoms with Gasteiger partial charge in [-0.25, -0.2) is 0 Å². The Morgan fingerprint density at radius 2 is 1.85 bits per heavy atom. The van der Waals surface area contributed by atoms with Crippen LogP contribution in [0.5, 0.6) is 5.75 Å². The molecule has 20 heavy (non-hydrogen) atoms. The van der Waals surface area contributed by atoms with E-state index in [2.05, 4.69) is 42.0 Å². The molecule has 112 valence electrons. The van der Waals surface area contributed by atoms with E-state index in [1.165, 1.54) is 0 Å². The molecule has 1 aromatic carbocycles. The van der Waals surface area contributed by atoms with Crippen LogP contribution in [0, 0.1) is 5.41 Å². The van der Waals surface area contributed by atoms with Crippen molar-refractivity contribution >= 4 is 33.4 Å². The highest BCUT2D eigenvalue weighted by Gasteiger charge is 2.28. The summed E-state index contributed by atoms with van der Waals surface area (Å²) in [5, 5.41) is 13.0. The molecule has 0 saturated heterocycles. The predicted molar refractivity (Wildman–Crippen MR) is 86.4 cm³/mol. The number of phenolic OH excluding ortho intramolecular Hbond substituents is 1. The van der Waals surface area contributed by atoms with E-state index in [1.54, 1.807) is 12.1 Å². The Morgan fingerprint density at radius 3 is 2.35 bits per heavy atom. The molecule has 3 nitrogen and oxygen atoms in total. The molecule has 0 fully saturated rings. The minimum Gasteiger partial charge on any atom is -0.506 e. The Bertz CT molecular complexity index is 521. The third-order valence-corrected chi connectivity index (χ3v) is 3.44. The number of phenols is 1. The Hall–Kier alpha value is -0.740. The number of carbonyl (C=O) groups is 1. The normalized spacial score (nSPS) is 12.3. The van der Waals surface area contributed by atoms with Gasteiger partial charge in [0.1, 0.15) is 5.75 Å². The molecule has 0 radical (unpaired) electrons. The monoisotopic (exact) mass is 361 g/mol. The van der Waals surface area contributed by atoms with E-state index in [4.69, 9.17) is 11.6 Å². The van der Waals surface area contributed by atoms with Gasteiger partial charge in [0.2, 0.25) is 0 Å². The number of hydrogen-bond acceptors (Lipinski definition) is 2. The maximum absolute atomic E-state index is 12.3. The van der Waals surface area contributed by atoms with Gasteiger partial charge in [0.25, 0.3) is 5.91 Å². The van der Waals surface area contributed by atoms with Crippen LogP contribution in [0.3, 0.4) is 0 Å². The van der Waals surface area contributed by atoms with Crippen molar-refractivity contribution in [3.63, 3.8) is 0 Å². The fourth-order valence-electron chi connectivity index (χ4n) is 2.48. The van der Waals surface area contributed by atoms with E-state index >= 15 is 0 Å². The van der Waals surface area contributed by atoms with Gasteiger partial charge in [0, 0.05) is 10.0 Å². The molecule has 0 saturated carbocycles. The van der Waals surface area contributed by atoms with E-state index in [1.807, 2.05) is 13.8 Å². The van der Waals surface area contributed by atoms with Crippen LogP contribution in [0.4, 0.5) is 0 Å². The molecule has 0 heterocycles. The summed E-state index contributed by atoms with van der Waals surface area (Å²) in [7, 11) is 0. The van der Waals surface area contributed by atoms with Crippen LogP contribution in [0.2, 0.25) is 5.02 Å². The first kappa shape index (κ1) is 17.3. The van der Waals surface area contributed by atoms with Gasteiger partial charge in [-0.1, -0.05) is 48.3 Å². The number of halogens is 2. The average molecular weight is 363 g/mol. The molecule has 0 aliphatic rings. The second-order valence-corrected chi connectivity index (χ2v) is 8.18. The van der Waals surface area contributed by atoms with E-state index in [9.17, 15) is 9.90 Å². The summed E-state index contributed by atoms with van der Waals surface area (Å²) in [5.41, 5.74) is -0.115. The number of nitrogens with one attached hydrogen (secondary N) is 1. The second-order valence-electron chi connectivity index (χ2n) is 6.86. The first-order chi connectivity index (χ1) is 8.91. The molecular formula is C15H21BrClNO2. The lowest BCUT2D eigenvalue weighted by Crippen LogP contribution is -2.45. The topological polar surface area (TPSA) is 49.3 Å². The van der Waals surface area contributed by atoms with Crippen molar-refractivity contribution in [2.24, 2.45) is 5.41 Å². The fraction of sp³-hybridized carbons (Fsp3) is 0.533. The predicted octanol–water partition coefficient (Wildman–Crippen LogP) is 4.75. The minimum atomic E-state index is -0.378. The highest BCUT2D eigenvalue weighted by atomic mass is 79.9. The van der Waals surface area contributed by atoms with Crippen molar-refractivity contribution in [1.82, 2.24) is 5.32 Å². The molecule has 5 heteroatoms. The number of rotatable bonds is 3. The SMILES string of the molecule is CC(C)(C)CC(C)(C)NC(=O)c1cc(Br)cc(Cl)c1O. The van der Waals surface area contributed by atoms with Crippen molar-refractivity contribution in [3.05, 3.63) is 27.2 Å². The Kier molecular flexibility index (Phi) is 5.14. The van der Waals surface area contributed by atoms with Crippen LogP contribution in [-0.4, -0.2) is 16.6 Å². The summed E-state index contributed by atoms with van der Waals surface area (Å²) < 4.78 is 0.652. The van der Waals surface area contributed by atoms with E-state index in [0.29, 0.717) is 4.47 Å². The number of amides is 1. The summed E-state index contributed by atoms with van der Waals surface area (Å²) in [6.45, 7) is 10.3. The van der Waals surface area contributed by atoms with Crippen LogP contribution < -0.4 is 5.32 Å². The molecule has 1 amide bonds. The van der Waals surface area contributed by atoms with Crippen LogP contribution in [-0.2, 0) is 0 Å². The average Bonchev–Trinajstić information content (AvgIpc) is 2.18. The standard InChI is InChI=1S/C15H21BrClNO2/c1-14(2,3)8-15(4,5)18-13(20)10-6-9(16)7-11(17)12(10)19/h6-7,19H,8H2,1-5H3,(H,18,20). The second kappa shape index (κ2) is 5.94. The summed E-state index contributed by atoms with van der Waals surface area (Å²) in [6, 6.07) is 3.11. The Labute approximate surface area is 133 Å². The zero-order chi connectivity index (χ0) is 15.7. The van der Waals surface area contributed by atoms with Gasteiger partial charge in [0.15, 0.2) is 0 Å². The van der Waals surface area contributed by atoms with Crippen molar-refractivity contribution in [2.75, 3.05) is 0 Å².